The highest BCUT2D eigenvalue weighted by atomic mass is 35.5. The normalized spacial score (nSPS) is 10.3. The lowest BCUT2D eigenvalue weighted by Crippen LogP contribution is -2.30. The summed E-state index contributed by atoms with van der Waals surface area (Å²) in [4.78, 5) is 11.8. The van der Waals surface area contributed by atoms with E-state index in [4.69, 9.17) is 23.2 Å². The lowest BCUT2D eigenvalue weighted by Gasteiger charge is -2.07. The van der Waals surface area contributed by atoms with E-state index in [1.165, 1.54) is 18.5 Å². The highest BCUT2D eigenvalue weighted by molar-refractivity contribution is 6.35. The molecule has 0 bridgehead atoms. The number of carbonyl (C=O) groups excluding carboxylic acids is 1. The molecule has 104 valence electrons. The Morgan fingerprint density at radius 3 is 2.80 bits per heavy atom. The Hall–Kier alpha value is -1.78. The molecule has 0 radical (unpaired) electrons. The van der Waals surface area contributed by atoms with Crippen molar-refractivity contribution in [3.63, 3.8) is 0 Å². The van der Waals surface area contributed by atoms with Crippen LogP contribution in [0.4, 0.5) is 0 Å². The average Bonchev–Trinajstić information content (AvgIpc) is 2.41. The second-order valence-electron chi connectivity index (χ2n) is 4.19. The molecule has 0 aliphatic heterocycles. The number of pyridine rings is 1. The number of aromatic nitrogens is 1. The van der Waals surface area contributed by atoms with Gasteiger partial charge in [-0.2, -0.15) is 4.73 Å². The van der Waals surface area contributed by atoms with Crippen LogP contribution in [0.5, 0.6) is 0 Å². The minimum atomic E-state index is -0.291. The molecular weight excluding hydrogens is 299 g/mol. The van der Waals surface area contributed by atoms with Crippen molar-refractivity contribution < 1.29 is 9.52 Å². The van der Waals surface area contributed by atoms with Gasteiger partial charge in [0.1, 0.15) is 5.56 Å². The van der Waals surface area contributed by atoms with E-state index in [0.717, 1.165) is 5.56 Å². The SMILES string of the molecule is O=C(NCCc1ccc(Cl)cc1Cl)c1ccc[n+]([O-])c1. The third-order valence-corrected chi connectivity index (χ3v) is 3.32. The molecule has 1 N–H and O–H groups in total. The summed E-state index contributed by atoms with van der Waals surface area (Å²) in [7, 11) is 0. The van der Waals surface area contributed by atoms with Crippen LogP contribution in [-0.2, 0) is 6.42 Å². The molecule has 0 saturated carbocycles. The summed E-state index contributed by atoms with van der Waals surface area (Å²) in [5, 5.41) is 15.0. The summed E-state index contributed by atoms with van der Waals surface area (Å²) in [5.41, 5.74) is 1.23. The van der Waals surface area contributed by atoms with Crippen molar-refractivity contribution in [1.29, 1.82) is 0 Å². The number of hydrogen-bond donors (Lipinski definition) is 1. The molecular formula is C14H12Cl2N2O2. The minimum Gasteiger partial charge on any atom is -0.619 e. The molecule has 20 heavy (non-hydrogen) atoms. The van der Waals surface area contributed by atoms with Crippen molar-refractivity contribution in [1.82, 2.24) is 5.32 Å². The van der Waals surface area contributed by atoms with Gasteiger partial charge in [-0.1, -0.05) is 29.3 Å². The maximum atomic E-state index is 11.8. The molecule has 0 fully saturated rings. The zero-order valence-electron chi connectivity index (χ0n) is 10.5. The van der Waals surface area contributed by atoms with Gasteiger partial charge in [0.25, 0.3) is 5.91 Å². The van der Waals surface area contributed by atoms with Crippen molar-refractivity contribution in [3.05, 3.63) is 69.1 Å². The number of rotatable bonds is 4. The molecule has 0 aliphatic rings. The Balaban J connectivity index is 1.91. The number of hydrogen-bond acceptors (Lipinski definition) is 2. The molecule has 2 rings (SSSR count). The summed E-state index contributed by atoms with van der Waals surface area (Å²) in [6.45, 7) is 0.425. The Bertz CT molecular complexity index is 632. The first-order chi connectivity index (χ1) is 9.56. The average molecular weight is 311 g/mol. The van der Waals surface area contributed by atoms with Gasteiger partial charge in [0, 0.05) is 22.7 Å². The topological polar surface area (TPSA) is 56.0 Å². The third kappa shape index (κ3) is 3.85. The summed E-state index contributed by atoms with van der Waals surface area (Å²) < 4.78 is 0.588. The fraction of sp³-hybridized carbons (Fsp3) is 0.143. The van der Waals surface area contributed by atoms with E-state index < -0.39 is 0 Å². The Kier molecular flexibility index (Phi) is 4.82. The molecule has 0 saturated heterocycles. The summed E-state index contributed by atoms with van der Waals surface area (Å²) >= 11 is 11.9. The van der Waals surface area contributed by atoms with Crippen LogP contribution in [0.15, 0.2) is 42.7 Å². The van der Waals surface area contributed by atoms with Gasteiger partial charge in [0.15, 0.2) is 12.4 Å². The number of benzene rings is 1. The van der Waals surface area contributed by atoms with Gasteiger partial charge in [-0.15, -0.1) is 0 Å². The van der Waals surface area contributed by atoms with Crippen LogP contribution >= 0.6 is 23.2 Å². The number of nitrogens with one attached hydrogen (secondary N) is 1. The number of carbonyl (C=O) groups is 1. The van der Waals surface area contributed by atoms with Crippen molar-refractivity contribution in [2.75, 3.05) is 6.54 Å². The van der Waals surface area contributed by atoms with E-state index in [1.807, 2.05) is 6.07 Å². The highest BCUT2D eigenvalue weighted by Crippen LogP contribution is 2.21. The van der Waals surface area contributed by atoms with E-state index in [9.17, 15) is 10.0 Å². The maximum Gasteiger partial charge on any atom is 0.257 e. The zero-order chi connectivity index (χ0) is 14.5. The molecule has 0 spiro atoms. The highest BCUT2D eigenvalue weighted by Gasteiger charge is 2.08. The quantitative estimate of drug-likeness (QED) is 0.697. The number of amides is 1. The van der Waals surface area contributed by atoms with E-state index in [0.29, 0.717) is 33.3 Å². The molecule has 1 aromatic carbocycles. The van der Waals surface area contributed by atoms with Crippen LogP contribution in [0, 0.1) is 5.21 Å². The lowest BCUT2D eigenvalue weighted by molar-refractivity contribution is -0.605. The van der Waals surface area contributed by atoms with Crippen molar-refractivity contribution >= 4 is 29.1 Å². The van der Waals surface area contributed by atoms with Crippen LogP contribution < -0.4 is 10.0 Å². The molecule has 1 aromatic heterocycles. The van der Waals surface area contributed by atoms with Gasteiger partial charge < -0.3 is 10.5 Å². The van der Waals surface area contributed by atoms with E-state index in [1.54, 1.807) is 18.2 Å². The van der Waals surface area contributed by atoms with E-state index >= 15 is 0 Å². The first-order valence-corrected chi connectivity index (χ1v) is 6.73. The predicted octanol–water partition coefficient (Wildman–Crippen LogP) is 2.60. The van der Waals surface area contributed by atoms with Crippen molar-refractivity contribution in [3.8, 4) is 0 Å². The van der Waals surface area contributed by atoms with Gasteiger partial charge >= 0.3 is 0 Å². The van der Waals surface area contributed by atoms with Crippen molar-refractivity contribution in [2.45, 2.75) is 6.42 Å². The van der Waals surface area contributed by atoms with E-state index in [-0.39, 0.29) is 5.91 Å². The van der Waals surface area contributed by atoms with Crippen LogP contribution in [-0.4, -0.2) is 12.5 Å². The number of nitrogens with zero attached hydrogens (tertiary/aromatic N) is 1. The molecule has 0 unspecified atom stereocenters. The molecule has 1 heterocycles. The van der Waals surface area contributed by atoms with E-state index in [2.05, 4.69) is 5.32 Å². The molecule has 1 amide bonds. The summed E-state index contributed by atoms with van der Waals surface area (Å²) in [6, 6.07) is 8.35. The second kappa shape index (κ2) is 6.59. The van der Waals surface area contributed by atoms with Gasteiger partial charge in [0.05, 0.1) is 0 Å². The van der Waals surface area contributed by atoms with Crippen LogP contribution in [0.1, 0.15) is 15.9 Å². The Morgan fingerprint density at radius 2 is 2.10 bits per heavy atom. The lowest BCUT2D eigenvalue weighted by atomic mass is 10.1. The second-order valence-corrected chi connectivity index (χ2v) is 5.04. The third-order valence-electron chi connectivity index (χ3n) is 2.73. The maximum absolute atomic E-state index is 11.8. The standard InChI is InChI=1S/C14H12Cl2N2O2/c15-12-4-3-10(13(16)8-12)5-6-17-14(19)11-2-1-7-18(20)9-11/h1-4,7-9H,5-6H2,(H,17,19). The molecule has 0 aliphatic carbocycles. The largest absolute Gasteiger partial charge is 0.619 e. The Labute approximate surface area is 126 Å². The fourth-order valence-electron chi connectivity index (χ4n) is 1.73. The molecule has 6 heteroatoms. The van der Waals surface area contributed by atoms with Gasteiger partial charge in [-0.3, -0.25) is 4.79 Å². The Morgan fingerprint density at radius 1 is 1.30 bits per heavy atom. The molecule has 4 nitrogen and oxygen atoms in total. The molecule has 0 atom stereocenters. The van der Waals surface area contributed by atoms with Gasteiger partial charge in [-0.25, -0.2) is 0 Å². The first kappa shape index (κ1) is 14.6. The monoisotopic (exact) mass is 310 g/mol. The fourth-order valence-corrected chi connectivity index (χ4v) is 2.23. The van der Waals surface area contributed by atoms with Crippen LogP contribution in [0.25, 0.3) is 0 Å². The zero-order valence-corrected chi connectivity index (χ0v) is 12.0. The summed E-state index contributed by atoms with van der Waals surface area (Å²) in [5.74, 6) is -0.291. The molecule has 2 aromatic rings. The number of halogens is 2. The first-order valence-electron chi connectivity index (χ1n) is 5.97. The minimum absolute atomic E-state index is 0.291. The smallest absolute Gasteiger partial charge is 0.257 e. The van der Waals surface area contributed by atoms with Crippen molar-refractivity contribution in [2.24, 2.45) is 0 Å². The van der Waals surface area contributed by atoms with Gasteiger partial charge in [0.2, 0.25) is 0 Å². The van der Waals surface area contributed by atoms with Crippen LogP contribution in [0.3, 0.4) is 0 Å². The predicted molar refractivity (Wildman–Crippen MR) is 77.9 cm³/mol. The van der Waals surface area contributed by atoms with Crippen LogP contribution in [0.2, 0.25) is 10.0 Å². The van der Waals surface area contributed by atoms with Gasteiger partial charge in [-0.05, 0) is 30.2 Å². The summed E-state index contributed by atoms with van der Waals surface area (Å²) in [6.07, 6.45) is 3.14.